The van der Waals surface area contributed by atoms with Crippen molar-refractivity contribution in [2.45, 2.75) is 10.8 Å². The van der Waals surface area contributed by atoms with E-state index in [4.69, 9.17) is 4.42 Å². The first kappa shape index (κ1) is 11.9. The van der Waals surface area contributed by atoms with Gasteiger partial charge in [-0.15, -0.1) is 0 Å². The standard InChI is InChI=1S/C14H10N2O2S/c17-7-10-5-6-11(18-10)8-19-14-12-3-1-2-4-13(12)15-9-16-14/h1-7,9H,8H2. The van der Waals surface area contributed by atoms with Crippen molar-refractivity contribution in [1.29, 1.82) is 0 Å². The highest BCUT2D eigenvalue weighted by Crippen LogP contribution is 2.27. The fourth-order valence-corrected chi connectivity index (χ4v) is 2.65. The Hall–Kier alpha value is -2.14. The van der Waals surface area contributed by atoms with Gasteiger partial charge in [0.25, 0.3) is 0 Å². The van der Waals surface area contributed by atoms with Crippen LogP contribution in [-0.4, -0.2) is 16.3 Å². The summed E-state index contributed by atoms with van der Waals surface area (Å²) in [6.07, 6.45) is 2.26. The lowest BCUT2D eigenvalue weighted by Crippen LogP contribution is -1.87. The molecule has 0 spiro atoms. The van der Waals surface area contributed by atoms with E-state index in [2.05, 4.69) is 9.97 Å². The van der Waals surface area contributed by atoms with Crippen LogP contribution in [0.4, 0.5) is 0 Å². The van der Waals surface area contributed by atoms with Crippen LogP contribution in [0.15, 0.2) is 52.2 Å². The highest BCUT2D eigenvalue weighted by molar-refractivity contribution is 7.98. The molecule has 3 aromatic rings. The molecule has 0 unspecified atom stereocenters. The molecule has 2 heterocycles. The summed E-state index contributed by atoms with van der Waals surface area (Å²) in [6.45, 7) is 0. The number of aromatic nitrogens is 2. The third-order valence-electron chi connectivity index (χ3n) is 2.66. The minimum atomic E-state index is 0.350. The van der Waals surface area contributed by atoms with E-state index in [9.17, 15) is 4.79 Å². The number of thioether (sulfide) groups is 1. The average molecular weight is 270 g/mol. The topological polar surface area (TPSA) is 56.0 Å². The quantitative estimate of drug-likeness (QED) is 0.413. The summed E-state index contributed by atoms with van der Waals surface area (Å²) in [4.78, 5) is 19.1. The van der Waals surface area contributed by atoms with Gasteiger partial charge in [-0.25, -0.2) is 9.97 Å². The molecule has 3 rings (SSSR count). The average Bonchev–Trinajstić information content (AvgIpc) is 2.93. The van der Waals surface area contributed by atoms with Crippen molar-refractivity contribution in [3.05, 3.63) is 54.2 Å². The molecule has 0 aliphatic carbocycles. The zero-order valence-electron chi connectivity index (χ0n) is 9.95. The summed E-state index contributed by atoms with van der Waals surface area (Å²) in [6, 6.07) is 11.3. The van der Waals surface area contributed by atoms with Crippen molar-refractivity contribution in [1.82, 2.24) is 9.97 Å². The van der Waals surface area contributed by atoms with Crippen LogP contribution in [0.5, 0.6) is 0 Å². The highest BCUT2D eigenvalue weighted by Gasteiger charge is 2.06. The normalized spacial score (nSPS) is 10.7. The molecule has 0 atom stereocenters. The van der Waals surface area contributed by atoms with Crippen molar-refractivity contribution in [2.24, 2.45) is 0 Å². The molecule has 0 saturated heterocycles. The first-order valence-corrected chi connectivity index (χ1v) is 6.72. The lowest BCUT2D eigenvalue weighted by Gasteiger charge is -2.02. The second kappa shape index (κ2) is 5.24. The maximum atomic E-state index is 10.5. The summed E-state index contributed by atoms with van der Waals surface area (Å²) < 4.78 is 5.33. The number of fused-ring (bicyclic) bond motifs is 1. The van der Waals surface area contributed by atoms with Gasteiger partial charge in [0.2, 0.25) is 0 Å². The van der Waals surface area contributed by atoms with Gasteiger partial charge in [0, 0.05) is 5.39 Å². The van der Waals surface area contributed by atoms with Gasteiger partial charge in [-0.05, 0) is 18.2 Å². The molecule has 0 amide bonds. The van der Waals surface area contributed by atoms with E-state index in [0.29, 0.717) is 17.8 Å². The largest absolute Gasteiger partial charge is 0.457 e. The first-order valence-electron chi connectivity index (χ1n) is 5.73. The van der Waals surface area contributed by atoms with Crippen LogP contribution < -0.4 is 0 Å². The number of furan rings is 1. The van der Waals surface area contributed by atoms with Gasteiger partial charge in [0.05, 0.1) is 11.3 Å². The lowest BCUT2D eigenvalue weighted by molar-refractivity contribution is 0.109. The van der Waals surface area contributed by atoms with Crippen LogP contribution in [0, 0.1) is 0 Å². The molecular weight excluding hydrogens is 260 g/mol. The third kappa shape index (κ3) is 2.51. The van der Waals surface area contributed by atoms with Crippen LogP contribution in [-0.2, 0) is 5.75 Å². The minimum absolute atomic E-state index is 0.350. The number of para-hydroxylation sites is 1. The number of rotatable bonds is 4. The third-order valence-corrected chi connectivity index (χ3v) is 3.68. The van der Waals surface area contributed by atoms with Gasteiger partial charge in [0.1, 0.15) is 17.1 Å². The molecule has 19 heavy (non-hydrogen) atoms. The van der Waals surface area contributed by atoms with Crippen LogP contribution >= 0.6 is 11.8 Å². The van der Waals surface area contributed by atoms with Crippen molar-refractivity contribution in [2.75, 3.05) is 0 Å². The zero-order chi connectivity index (χ0) is 13.1. The Labute approximate surface area is 113 Å². The number of hydrogen-bond acceptors (Lipinski definition) is 5. The smallest absolute Gasteiger partial charge is 0.185 e. The molecule has 0 radical (unpaired) electrons. The van der Waals surface area contributed by atoms with Crippen molar-refractivity contribution < 1.29 is 9.21 Å². The molecule has 1 aromatic carbocycles. The van der Waals surface area contributed by atoms with Gasteiger partial charge in [-0.2, -0.15) is 0 Å². The maximum absolute atomic E-state index is 10.5. The molecule has 0 aliphatic heterocycles. The van der Waals surface area contributed by atoms with Gasteiger partial charge in [-0.3, -0.25) is 4.79 Å². The summed E-state index contributed by atoms with van der Waals surface area (Å²) >= 11 is 1.57. The van der Waals surface area contributed by atoms with E-state index < -0.39 is 0 Å². The van der Waals surface area contributed by atoms with E-state index in [1.807, 2.05) is 24.3 Å². The van der Waals surface area contributed by atoms with E-state index in [0.717, 1.165) is 21.7 Å². The van der Waals surface area contributed by atoms with Crippen molar-refractivity contribution in [3.8, 4) is 0 Å². The molecule has 0 bridgehead atoms. The summed E-state index contributed by atoms with van der Waals surface area (Å²) in [5.41, 5.74) is 0.924. The first-order chi connectivity index (χ1) is 9.36. The second-order valence-corrected chi connectivity index (χ2v) is 4.87. The number of carbonyl (C=O) groups is 1. The predicted molar refractivity (Wildman–Crippen MR) is 73.2 cm³/mol. The summed E-state index contributed by atoms with van der Waals surface area (Å²) in [5.74, 6) is 1.74. The molecular formula is C14H10N2O2S. The fourth-order valence-electron chi connectivity index (χ4n) is 1.77. The minimum Gasteiger partial charge on any atom is -0.457 e. The van der Waals surface area contributed by atoms with E-state index >= 15 is 0 Å². The predicted octanol–water partition coefficient (Wildman–Crippen LogP) is 3.33. The number of carbonyl (C=O) groups excluding carboxylic acids is 1. The summed E-state index contributed by atoms with van der Waals surface area (Å²) in [5, 5.41) is 1.94. The second-order valence-electron chi connectivity index (χ2n) is 3.91. The van der Waals surface area contributed by atoms with Gasteiger partial charge >= 0.3 is 0 Å². The molecule has 0 aliphatic rings. The molecule has 2 aromatic heterocycles. The molecule has 5 heteroatoms. The number of hydrogen-bond donors (Lipinski definition) is 0. The van der Waals surface area contributed by atoms with Crippen molar-refractivity contribution >= 4 is 29.0 Å². The number of nitrogens with zero attached hydrogens (tertiary/aromatic N) is 2. The molecule has 4 nitrogen and oxygen atoms in total. The van der Waals surface area contributed by atoms with E-state index in [-0.39, 0.29) is 0 Å². The Kier molecular flexibility index (Phi) is 3.29. The number of benzene rings is 1. The Morgan fingerprint density at radius 3 is 2.89 bits per heavy atom. The lowest BCUT2D eigenvalue weighted by atomic mass is 10.2. The monoisotopic (exact) mass is 270 g/mol. The fraction of sp³-hybridized carbons (Fsp3) is 0.0714. The Morgan fingerprint density at radius 2 is 2.05 bits per heavy atom. The zero-order valence-corrected chi connectivity index (χ0v) is 10.8. The van der Waals surface area contributed by atoms with Gasteiger partial charge in [-0.1, -0.05) is 30.0 Å². The molecule has 0 N–H and O–H groups in total. The van der Waals surface area contributed by atoms with Gasteiger partial charge in [0.15, 0.2) is 12.0 Å². The SMILES string of the molecule is O=Cc1ccc(CSc2ncnc3ccccc23)o1. The molecule has 0 fully saturated rings. The van der Waals surface area contributed by atoms with Gasteiger partial charge < -0.3 is 4.42 Å². The van der Waals surface area contributed by atoms with Crippen LogP contribution in [0.3, 0.4) is 0 Å². The highest BCUT2D eigenvalue weighted by atomic mass is 32.2. The Bertz CT molecular complexity index is 719. The Balaban J connectivity index is 1.83. The molecule has 94 valence electrons. The van der Waals surface area contributed by atoms with E-state index in [1.165, 1.54) is 0 Å². The summed E-state index contributed by atoms with van der Waals surface area (Å²) in [7, 11) is 0. The van der Waals surface area contributed by atoms with Crippen LogP contribution in [0.1, 0.15) is 16.3 Å². The van der Waals surface area contributed by atoms with E-state index in [1.54, 1.807) is 30.2 Å². The Morgan fingerprint density at radius 1 is 1.16 bits per heavy atom. The van der Waals surface area contributed by atoms with Crippen LogP contribution in [0.25, 0.3) is 10.9 Å². The maximum Gasteiger partial charge on any atom is 0.185 e. The van der Waals surface area contributed by atoms with Crippen LogP contribution in [0.2, 0.25) is 0 Å². The number of aldehydes is 1. The molecule has 0 saturated carbocycles. The van der Waals surface area contributed by atoms with Crippen molar-refractivity contribution in [3.63, 3.8) is 0 Å².